The molecule has 0 aliphatic carbocycles. The minimum absolute atomic E-state index is 0.0557. The van der Waals surface area contributed by atoms with E-state index in [-0.39, 0.29) is 5.91 Å². The molecule has 0 aliphatic rings. The number of nitrogens with zero attached hydrogens (tertiary/aromatic N) is 1. The van der Waals surface area contributed by atoms with Crippen molar-refractivity contribution in [1.29, 1.82) is 0 Å². The highest BCUT2D eigenvalue weighted by molar-refractivity contribution is 7.14. The van der Waals surface area contributed by atoms with Gasteiger partial charge in [0.25, 0.3) is 0 Å². The fraction of sp³-hybridized carbons (Fsp3) is 0.143. The number of rotatable bonds is 5. The van der Waals surface area contributed by atoms with Crippen LogP contribution in [-0.2, 0) is 11.2 Å². The van der Waals surface area contributed by atoms with Crippen LogP contribution in [0.2, 0.25) is 5.02 Å². The third kappa shape index (κ3) is 3.72. The van der Waals surface area contributed by atoms with Gasteiger partial charge in [-0.15, -0.1) is 22.7 Å². The van der Waals surface area contributed by atoms with Gasteiger partial charge in [0.05, 0.1) is 11.3 Å². The first-order valence-corrected chi connectivity index (χ1v) is 8.36. The summed E-state index contributed by atoms with van der Waals surface area (Å²) in [6, 6.07) is 5.53. The van der Waals surface area contributed by atoms with Crippen molar-refractivity contribution in [3.63, 3.8) is 0 Å². The van der Waals surface area contributed by atoms with Gasteiger partial charge in [-0.05, 0) is 24.6 Å². The van der Waals surface area contributed by atoms with Crippen LogP contribution in [0.15, 0.2) is 39.6 Å². The molecule has 0 bridgehead atoms. The Labute approximate surface area is 134 Å². The minimum Gasteiger partial charge on any atom is -0.463 e. The first-order valence-electron chi connectivity index (χ1n) is 6.23. The molecule has 0 saturated carbocycles. The number of thiazole rings is 1. The lowest BCUT2D eigenvalue weighted by Gasteiger charge is -2.00. The molecular formula is C14H11ClN2O2S2. The molecule has 0 spiro atoms. The van der Waals surface area contributed by atoms with E-state index in [2.05, 4.69) is 10.3 Å². The highest BCUT2D eigenvalue weighted by Crippen LogP contribution is 2.25. The summed E-state index contributed by atoms with van der Waals surface area (Å²) in [6.07, 6.45) is 2.69. The molecular weight excluding hydrogens is 328 g/mol. The monoisotopic (exact) mass is 338 g/mol. The molecule has 0 radical (unpaired) electrons. The normalized spacial score (nSPS) is 10.7. The summed E-state index contributed by atoms with van der Waals surface area (Å²) in [6.45, 7) is 0. The molecule has 1 N–H and O–H groups in total. The van der Waals surface area contributed by atoms with Crippen LogP contribution < -0.4 is 5.32 Å². The van der Waals surface area contributed by atoms with Crippen molar-refractivity contribution in [2.24, 2.45) is 0 Å². The van der Waals surface area contributed by atoms with E-state index < -0.39 is 0 Å². The van der Waals surface area contributed by atoms with E-state index in [1.807, 2.05) is 22.9 Å². The van der Waals surface area contributed by atoms with E-state index in [9.17, 15) is 4.79 Å². The number of aryl methyl sites for hydroxylation is 1. The van der Waals surface area contributed by atoms with Gasteiger partial charge in [-0.2, -0.15) is 0 Å². The molecule has 3 rings (SSSR count). The first kappa shape index (κ1) is 14.3. The predicted molar refractivity (Wildman–Crippen MR) is 86.1 cm³/mol. The number of aromatic nitrogens is 1. The van der Waals surface area contributed by atoms with Crippen molar-refractivity contribution in [2.75, 3.05) is 5.32 Å². The number of carbonyl (C=O) groups excluding carboxylic acids is 1. The Kier molecular flexibility index (Phi) is 4.38. The molecule has 0 unspecified atom stereocenters. The van der Waals surface area contributed by atoms with Crippen LogP contribution in [0.3, 0.4) is 0 Å². The van der Waals surface area contributed by atoms with Crippen LogP contribution >= 0.6 is 34.3 Å². The Morgan fingerprint density at radius 3 is 3.00 bits per heavy atom. The van der Waals surface area contributed by atoms with Crippen molar-refractivity contribution < 1.29 is 9.21 Å². The molecule has 0 aliphatic heterocycles. The zero-order valence-corrected chi connectivity index (χ0v) is 13.2. The van der Waals surface area contributed by atoms with E-state index in [1.54, 1.807) is 23.7 Å². The number of carbonyl (C=O) groups is 1. The number of nitrogens with one attached hydrogen (secondary N) is 1. The third-order valence-electron chi connectivity index (χ3n) is 2.74. The fourth-order valence-electron chi connectivity index (χ4n) is 1.77. The zero-order valence-electron chi connectivity index (χ0n) is 10.8. The van der Waals surface area contributed by atoms with Crippen molar-refractivity contribution >= 4 is 45.3 Å². The second kappa shape index (κ2) is 6.43. The predicted octanol–water partition coefficient (Wildman–Crippen LogP) is 4.69. The molecule has 0 fully saturated rings. The van der Waals surface area contributed by atoms with Crippen molar-refractivity contribution in [3.8, 4) is 11.5 Å². The lowest BCUT2D eigenvalue weighted by molar-refractivity contribution is -0.116. The summed E-state index contributed by atoms with van der Waals surface area (Å²) in [4.78, 5) is 17.3. The van der Waals surface area contributed by atoms with E-state index in [1.165, 1.54) is 11.3 Å². The molecule has 0 aromatic carbocycles. The largest absolute Gasteiger partial charge is 0.463 e. The molecule has 3 aromatic rings. The van der Waals surface area contributed by atoms with Gasteiger partial charge < -0.3 is 9.73 Å². The Bertz CT molecular complexity index is 734. The molecule has 0 atom stereocenters. The van der Waals surface area contributed by atoms with Crippen LogP contribution in [-0.4, -0.2) is 10.9 Å². The van der Waals surface area contributed by atoms with E-state index >= 15 is 0 Å². The number of thiophene rings is 1. The number of amides is 1. The van der Waals surface area contributed by atoms with Crippen LogP contribution in [0.4, 0.5) is 5.13 Å². The Morgan fingerprint density at radius 2 is 2.29 bits per heavy atom. The van der Waals surface area contributed by atoms with Crippen LogP contribution in [0.25, 0.3) is 11.5 Å². The van der Waals surface area contributed by atoms with Gasteiger partial charge in [0, 0.05) is 22.1 Å². The first-order chi connectivity index (χ1) is 10.2. The van der Waals surface area contributed by atoms with Crippen LogP contribution in [0, 0.1) is 0 Å². The lowest BCUT2D eigenvalue weighted by Crippen LogP contribution is -2.11. The fourth-order valence-corrected chi connectivity index (χ4v) is 3.56. The summed E-state index contributed by atoms with van der Waals surface area (Å²) in [5.74, 6) is 0.639. The summed E-state index contributed by atoms with van der Waals surface area (Å²) in [7, 11) is 0. The van der Waals surface area contributed by atoms with Gasteiger partial charge >= 0.3 is 0 Å². The number of halogens is 1. The summed E-state index contributed by atoms with van der Waals surface area (Å²) in [5, 5.41) is 7.82. The van der Waals surface area contributed by atoms with Gasteiger partial charge in [0.1, 0.15) is 5.69 Å². The number of hydrogen-bond donors (Lipinski definition) is 1. The van der Waals surface area contributed by atoms with Gasteiger partial charge in [0.2, 0.25) is 5.91 Å². The molecule has 4 nitrogen and oxygen atoms in total. The Morgan fingerprint density at radius 1 is 1.38 bits per heavy atom. The van der Waals surface area contributed by atoms with Gasteiger partial charge in [0.15, 0.2) is 10.9 Å². The van der Waals surface area contributed by atoms with Crippen LogP contribution in [0.1, 0.15) is 11.3 Å². The summed E-state index contributed by atoms with van der Waals surface area (Å²) in [5.41, 5.74) is 0.727. The van der Waals surface area contributed by atoms with Crippen molar-refractivity contribution in [2.45, 2.75) is 12.8 Å². The standard InChI is InChI=1S/C14H11ClN2O2S2/c15-9-6-10(20-7-9)3-4-13(18)17-14-16-11(8-21-14)12-2-1-5-19-12/h1-2,5-8H,3-4H2,(H,16,17,18). The maximum atomic E-state index is 11.9. The SMILES string of the molecule is O=C(CCc1cc(Cl)cs1)Nc1nc(-c2ccco2)cs1. The second-order valence-corrected chi connectivity index (χ2v) is 6.58. The molecule has 3 aromatic heterocycles. The summed E-state index contributed by atoms with van der Waals surface area (Å²) < 4.78 is 5.27. The number of anilines is 1. The lowest BCUT2D eigenvalue weighted by atomic mass is 10.2. The van der Waals surface area contributed by atoms with Gasteiger partial charge in [-0.25, -0.2) is 4.98 Å². The average Bonchev–Trinajstić information content (AvgIpc) is 3.16. The van der Waals surface area contributed by atoms with Gasteiger partial charge in [-0.3, -0.25) is 4.79 Å². The maximum absolute atomic E-state index is 11.9. The average molecular weight is 339 g/mol. The van der Waals surface area contributed by atoms with E-state index in [0.717, 1.165) is 15.6 Å². The highest BCUT2D eigenvalue weighted by Gasteiger charge is 2.10. The topological polar surface area (TPSA) is 55.1 Å². The Balaban J connectivity index is 1.55. The van der Waals surface area contributed by atoms with Gasteiger partial charge in [-0.1, -0.05) is 11.6 Å². The van der Waals surface area contributed by atoms with E-state index in [4.69, 9.17) is 16.0 Å². The zero-order chi connectivity index (χ0) is 14.7. The smallest absolute Gasteiger partial charge is 0.226 e. The molecule has 7 heteroatoms. The maximum Gasteiger partial charge on any atom is 0.226 e. The van der Waals surface area contributed by atoms with Crippen molar-refractivity contribution in [1.82, 2.24) is 4.98 Å². The third-order valence-corrected chi connectivity index (χ3v) is 4.85. The summed E-state index contributed by atoms with van der Waals surface area (Å²) >= 11 is 8.79. The quantitative estimate of drug-likeness (QED) is 0.734. The van der Waals surface area contributed by atoms with E-state index in [0.29, 0.717) is 23.7 Å². The molecule has 21 heavy (non-hydrogen) atoms. The second-order valence-electron chi connectivity index (χ2n) is 4.29. The molecule has 1 amide bonds. The Hall–Kier alpha value is -1.63. The minimum atomic E-state index is -0.0557. The van der Waals surface area contributed by atoms with Crippen LogP contribution in [0.5, 0.6) is 0 Å². The molecule has 3 heterocycles. The van der Waals surface area contributed by atoms with Crippen molar-refractivity contribution in [3.05, 3.63) is 45.1 Å². The highest BCUT2D eigenvalue weighted by atomic mass is 35.5. The molecule has 108 valence electrons. The number of furan rings is 1. The molecule has 0 saturated heterocycles. The number of hydrogen-bond acceptors (Lipinski definition) is 5.